The zero-order valence-corrected chi connectivity index (χ0v) is 15.6. The van der Waals surface area contributed by atoms with Gasteiger partial charge in [0.25, 0.3) is 5.91 Å². The highest BCUT2D eigenvalue weighted by molar-refractivity contribution is 7.90. The van der Waals surface area contributed by atoms with Crippen molar-refractivity contribution < 1.29 is 13.2 Å². The lowest BCUT2D eigenvalue weighted by molar-refractivity contribution is 0.102. The molecule has 1 amide bonds. The Kier molecular flexibility index (Phi) is 4.31. The van der Waals surface area contributed by atoms with Gasteiger partial charge in [-0.15, -0.1) is 0 Å². The van der Waals surface area contributed by atoms with Gasteiger partial charge in [0.05, 0.1) is 17.4 Å². The molecule has 9 heteroatoms. The van der Waals surface area contributed by atoms with Crippen molar-refractivity contribution in [3.8, 4) is 0 Å². The molecule has 0 aliphatic carbocycles. The third kappa shape index (κ3) is 3.37. The molecule has 1 aliphatic rings. The smallest absolute Gasteiger partial charge is 0.276 e. The van der Waals surface area contributed by atoms with Crippen LogP contribution in [0.3, 0.4) is 0 Å². The quantitative estimate of drug-likeness (QED) is 0.738. The first-order chi connectivity index (χ1) is 12.9. The molecule has 3 aromatic heterocycles. The van der Waals surface area contributed by atoms with Crippen LogP contribution in [0, 0.1) is 0 Å². The lowest BCUT2D eigenvalue weighted by Crippen LogP contribution is -2.19. The molecule has 0 unspecified atom stereocenters. The number of nitrogens with zero attached hydrogens (tertiary/aromatic N) is 4. The maximum absolute atomic E-state index is 12.7. The van der Waals surface area contributed by atoms with Gasteiger partial charge < -0.3 is 10.2 Å². The van der Waals surface area contributed by atoms with Crippen LogP contribution in [0.5, 0.6) is 0 Å². The number of nitrogens with one attached hydrogen (secondary N) is 1. The average Bonchev–Trinajstić information content (AvgIpc) is 3.30. The van der Waals surface area contributed by atoms with Crippen molar-refractivity contribution >= 4 is 32.8 Å². The summed E-state index contributed by atoms with van der Waals surface area (Å²) in [6.45, 7) is 1.99. The lowest BCUT2D eigenvalue weighted by atomic mass is 10.3. The maximum Gasteiger partial charge on any atom is 0.276 e. The van der Waals surface area contributed by atoms with E-state index in [2.05, 4.69) is 20.2 Å². The van der Waals surface area contributed by atoms with Crippen LogP contribution >= 0.6 is 0 Å². The van der Waals surface area contributed by atoms with Crippen molar-refractivity contribution in [3.05, 3.63) is 48.4 Å². The van der Waals surface area contributed by atoms with E-state index in [1.54, 1.807) is 36.7 Å². The fraction of sp³-hybridized carbons (Fsp3) is 0.278. The molecule has 0 radical (unpaired) electrons. The van der Waals surface area contributed by atoms with Gasteiger partial charge in [0.15, 0.2) is 5.69 Å². The molecule has 0 saturated carbocycles. The van der Waals surface area contributed by atoms with Crippen LogP contribution < -0.4 is 10.2 Å². The Balaban J connectivity index is 1.62. The maximum atomic E-state index is 12.7. The fourth-order valence-corrected chi connectivity index (χ4v) is 4.00. The summed E-state index contributed by atoms with van der Waals surface area (Å²) >= 11 is 0. The number of imidazole rings is 1. The number of amides is 1. The Labute approximate surface area is 156 Å². The zero-order valence-electron chi connectivity index (χ0n) is 14.8. The van der Waals surface area contributed by atoms with Gasteiger partial charge in [-0.2, -0.15) is 0 Å². The van der Waals surface area contributed by atoms with Crippen LogP contribution in [0.25, 0.3) is 5.52 Å². The molecular weight excluding hydrogens is 366 g/mol. The van der Waals surface area contributed by atoms with Crippen molar-refractivity contribution in [2.24, 2.45) is 0 Å². The molecule has 0 spiro atoms. The SMILES string of the molecule is CS(=O)(=O)c1nc(C(=O)Nc2ccc(N3CCCC3)nc2)c2ccccn12. The first kappa shape index (κ1) is 17.5. The number of sulfone groups is 1. The zero-order chi connectivity index (χ0) is 19.0. The van der Waals surface area contributed by atoms with Gasteiger partial charge in [-0.3, -0.25) is 9.20 Å². The third-order valence-corrected chi connectivity index (χ3v) is 5.45. The van der Waals surface area contributed by atoms with Gasteiger partial charge in [0, 0.05) is 25.5 Å². The highest BCUT2D eigenvalue weighted by atomic mass is 32.2. The second kappa shape index (κ2) is 6.66. The van der Waals surface area contributed by atoms with Crippen molar-refractivity contribution in [1.29, 1.82) is 0 Å². The third-order valence-electron chi connectivity index (χ3n) is 4.50. The van der Waals surface area contributed by atoms with Gasteiger partial charge in [-0.05, 0) is 37.1 Å². The lowest BCUT2D eigenvalue weighted by Gasteiger charge is -2.16. The van der Waals surface area contributed by atoms with Gasteiger partial charge in [-0.25, -0.2) is 18.4 Å². The minimum Gasteiger partial charge on any atom is -0.357 e. The monoisotopic (exact) mass is 385 g/mol. The van der Waals surface area contributed by atoms with Gasteiger partial charge >= 0.3 is 0 Å². The molecule has 1 aliphatic heterocycles. The summed E-state index contributed by atoms with van der Waals surface area (Å²) in [5, 5.41) is 2.58. The summed E-state index contributed by atoms with van der Waals surface area (Å²) in [6, 6.07) is 8.73. The Morgan fingerprint density at radius 1 is 1.15 bits per heavy atom. The van der Waals surface area contributed by atoms with Crippen molar-refractivity contribution in [1.82, 2.24) is 14.4 Å². The Hall–Kier alpha value is -2.94. The van der Waals surface area contributed by atoms with E-state index in [-0.39, 0.29) is 10.9 Å². The van der Waals surface area contributed by atoms with Gasteiger partial charge in [0.1, 0.15) is 5.82 Å². The summed E-state index contributed by atoms with van der Waals surface area (Å²) in [5.74, 6) is 0.404. The first-order valence-electron chi connectivity index (χ1n) is 8.63. The van der Waals surface area contributed by atoms with E-state index in [0.29, 0.717) is 11.2 Å². The van der Waals surface area contributed by atoms with E-state index in [9.17, 15) is 13.2 Å². The van der Waals surface area contributed by atoms with Crippen LogP contribution in [-0.4, -0.2) is 48.0 Å². The van der Waals surface area contributed by atoms with Gasteiger partial charge in [0.2, 0.25) is 15.0 Å². The number of aromatic nitrogens is 3. The number of hydrogen-bond acceptors (Lipinski definition) is 6. The van der Waals surface area contributed by atoms with Crippen molar-refractivity contribution in [3.63, 3.8) is 0 Å². The standard InChI is InChI=1S/C18H19N5O3S/c1-27(25,26)18-21-16(14-6-2-3-11-23(14)18)17(24)20-13-7-8-15(19-12-13)22-9-4-5-10-22/h2-3,6-8,11-12H,4-5,9-10H2,1H3,(H,20,24). The summed E-state index contributed by atoms with van der Waals surface area (Å²) in [5.41, 5.74) is 1.01. The van der Waals surface area contributed by atoms with Crippen LogP contribution in [-0.2, 0) is 9.84 Å². The molecule has 0 aromatic carbocycles. The molecule has 0 atom stereocenters. The minimum absolute atomic E-state index is 0.0552. The molecule has 1 fully saturated rings. The molecule has 4 rings (SSSR count). The number of rotatable bonds is 4. The van der Waals surface area contributed by atoms with Crippen LogP contribution in [0.4, 0.5) is 11.5 Å². The average molecular weight is 385 g/mol. The van der Waals surface area contributed by atoms with Crippen molar-refractivity contribution in [2.75, 3.05) is 29.6 Å². The van der Waals surface area contributed by atoms with Crippen LogP contribution in [0.1, 0.15) is 23.3 Å². The molecule has 27 heavy (non-hydrogen) atoms. The first-order valence-corrected chi connectivity index (χ1v) is 10.5. The molecule has 140 valence electrons. The summed E-state index contributed by atoms with van der Waals surface area (Å²) in [6.07, 6.45) is 6.56. The predicted molar refractivity (Wildman–Crippen MR) is 102 cm³/mol. The van der Waals surface area contributed by atoms with Crippen molar-refractivity contribution in [2.45, 2.75) is 18.0 Å². The number of pyridine rings is 2. The topological polar surface area (TPSA) is 96.7 Å². The highest BCUT2D eigenvalue weighted by Gasteiger charge is 2.23. The largest absolute Gasteiger partial charge is 0.357 e. The summed E-state index contributed by atoms with van der Waals surface area (Å²) in [7, 11) is -3.58. The molecule has 1 N–H and O–H groups in total. The second-order valence-corrected chi connectivity index (χ2v) is 8.43. The molecule has 4 heterocycles. The molecule has 8 nitrogen and oxygen atoms in total. The minimum atomic E-state index is -3.58. The number of fused-ring (bicyclic) bond motifs is 1. The highest BCUT2D eigenvalue weighted by Crippen LogP contribution is 2.21. The summed E-state index contributed by atoms with van der Waals surface area (Å²) in [4.78, 5) is 23.4. The summed E-state index contributed by atoms with van der Waals surface area (Å²) < 4.78 is 25.4. The Morgan fingerprint density at radius 2 is 1.93 bits per heavy atom. The molecule has 3 aromatic rings. The van der Waals surface area contributed by atoms with Crippen LogP contribution in [0.15, 0.2) is 47.9 Å². The molecule has 0 bridgehead atoms. The normalized spacial score (nSPS) is 14.6. The second-order valence-electron chi connectivity index (χ2n) is 6.52. The number of hydrogen-bond donors (Lipinski definition) is 1. The fourth-order valence-electron chi connectivity index (χ4n) is 3.22. The predicted octanol–water partition coefficient (Wildman–Crippen LogP) is 1.99. The van der Waals surface area contributed by atoms with Gasteiger partial charge in [-0.1, -0.05) is 6.07 Å². The van der Waals surface area contributed by atoms with E-state index in [0.717, 1.165) is 38.0 Å². The number of carbonyl (C=O) groups excluding carboxylic acids is 1. The number of carbonyl (C=O) groups is 1. The van der Waals surface area contributed by atoms with Crippen LogP contribution in [0.2, 0.25) is 0 Å². The Bertz CT molecular complexity index is 1100. The van der Waals surface area contributed by atoms with E-state index in [4.69, 9.17) is 0 Å². The molecule has 1 saturated heterocycles. The Morgan fingerprint density at radius 3 is 2.59 bits per heavy atom. The van der Waals surface area contributed by atoms with E-state index < -0.39 is 15.7 Å². The van der Waals surface area contributed by atoms with E-state index in [1.807, 2.05) is 6.07 Å². The molecular formula is C18H19N5O3S. The number of anilines is 2. The van der Waals surface area contributed by atoms with E-state index >= 15 is 0 Å². The van der Waals surface area contributed by atoms with E-state index in [1.165, 1.54) is 4.40 Å².